The Kier molecular flexibility index (Phi) is 6.55. The molecule has 1 atom stereocenters. The van der Waals surface area contributed by atoms with E-state index in [0.717, 1.165) is 5.56 Å². The molecule has 0 saturated carbocycles. The van der Waals surface area contributed by atoms with Gasteiger partial charge in [0.05, 0.1) is 30.3 Å². The number of methoxy groups -OCH3 is 1. The Morgan fingerprint density at radius 1 is 1.27 bits per heavy atom. The molecule has 0 unspecified atom stereocenters. The van der Waals surface area contributed by atoms with Crippen molar-refractivity contribution in [3.8, 4) is 11.5 Å². The number of anilines is 2. The van der Waals surface area contributed by atoms with E-state index in [1.807, 2.05) is 63.4 Å². The Bertz CT molecular complexity index is 1200. The van der Waals surface area contributed by atoms with Gasteiger partial charge in [-0.15, -0.1) is 10.2 Å². The number of rotatable bonds is 7. The highest BCUT2D eigenvalue weighted by Gasteiger charge is 2.32. The predicted molar refractivity (Wildman–Crippen MR) is 126 cm³/mol. The first-order valence-electron chi connectivity index (χ1n) is 10.4. The van der Waals surface area contributed by atoms with Crippen LogP contribution < -0.4 is 19.7 Å². The molecule has 33 heavy (non-hydrogen) atoms. The van der Waals surface area contributed by atoms with Gasteiger partial charge < -0.3 is 19.4 Å². The number of hydrogen-bond donors (Lipinski definition) is 1. The molecule has 0 saturated heterocycles. The Balaban J connectivity index is 1.46. The number of ether oxygens (including phenoxy) is 2. The van der Waals surface area contributed by atoms with Crippen LogP contribution in [0.25, 0.3) is 0 Å². The number of carbonyl (C=O) groups excluding carboxylic acids is 2. The third-order valence-corrected chi connectivity index (χ3v) is 6.36. The van der Waals surface area contributed by atoms with E-state index in [9.17, 15) is 9.59 Å². The first-order valence-corrected chi connectivity index (χ1v) is 11.4. The Labute approximate surface area is 196 Å². The molecule has 1 aliphatic rings. The third-order valence-electron chi connectivity index (χ3n) is 5.34. The van der Waals surface area contributed by atoms with Crippen LogP contribution in [0.4, 0.5) is 11.4 Å². The van der Waals surface area contributed by atoms with Gasteiger partial charge >= 0.3 is 0 Å². The summed E-state index contributed by atoms with van der Waals surface area (Å²) < 4.78 is 12.7. The van der Waals surface area contributed by atoms with Crippen LogP contribution in [0, 0.1) is 6.92 Å². The lowest BCUT2D eigenvalue weighted by molar-refractivity contribution is -0.121. The van der Waals surface area contributed by atoms with Crippen molar-refractivity contribution in [3.63, 3.8) is 0 Å². The van der Waals surface area contributed by atoms with Crippen LogP contribution in [-0.4, -0.2) is 46.0 Å². The minimum Gasteiger partial charge on any atom is -0.495 e. The van der Waals surface area contributed by atoms with E-state index in [-0.39, 0.29) is 30.2 Å². The third kappa shape index (κ3) is 4.65. The molecule has 4 rings (SSSR count). The Morgan fingerprint density at radius 2 is 2.06 bits per heavy atom. The van der Waals surface area contributed by atoms with Crippen molar-refractivity contribution in [2.75, 3.05) is 29.7 Å². The number of fused-ring (bicyclic) bond motifs is 1. The molecule has 2 heterocycles. The first kappa shape index (κ1) is 22.7. The fourth-order valence-electron chi connectivity index (χ4n) is 3.71. The van der Waals surface area contributed by atoms with Crippen molar-refractivity contribution < 1.29 is 19.1 Å². The molecule has 10 heteroatoms. The highest BCUT2D eigenvalue weighted by Crippen LogP contribution is 2.37. The maximum Gasteiger partial charge on any atom is 0.265 e. The number of para-hydroxylation sites is 2. The number of thioether (sulfide) groups is 1. The first-order chi connectivity index (χ1) is 15.9. The Hall–Kier alpha value is -3.53. The average Bonchev–Trinajstić information content (AvgIpc) is 3.17. The molecule has 9 nitrogen and oxygen atoms in total. The summed E-state index contributed by atoms with van der Waals surface area (Å²) in [7, 11) is 3.39. The van der Waals surface area contributed by atoms with Gasteiger partial charge in [-0.1, -0.05) is 30.0 Å². The van der Waals surface area contributed by atoms with Gasteiger partial charge in [0.2, 0.25) is 5.91 Å². The molecular weight excluding hydrogens is 442 g/mol. The molecule has 1 aliphatic heterocycles. The number of nitrogens with zero attached hydrogens (tertiary/aromatic N) is 4. The summed E-state index contributed by atoms with van der Waals surface area (Å²) in [6.45, 7) is 3.82. The second-order valence-corrected chi connectivity index (χ2v) is 8.58. The van der Waals surface area contributed by atoms with Crippen molar-refractivity contribution in [2.45, 2.75) is 25.0 Å². The van der Waals surface area contributed by atoms with Crippen LogP contribution >= 0.6 is 11.8 Å². The normalized spacial score (nSPS) is 13.8. The molecule has 172 valence electrons. The Morgan fingerprint density at radius 3 is 2.85 bits per heavy atom. The zero-order valence-corrected chi connectivity index (χ0v) is 19.7. The minimum atomic E-state index is -0.361. The number of benzene rings is 2. The van der Waals surface area contributed by atoms with Crippen LogP contribution in [0.5, 0.6) is 11.5 Å². The fraction of sp³-hybridized carbons (Fsp3) is 0.304. The van der Waals surface area contributed by atoms with Crippen molar-refractivity contribution in [1.82, 2.24) is 14.8 Å². The number of aryl methyl sites for hydroxylation is 1. The second kappa shape index (κ2) is 9.53. The molecule has 2 amide bonds. The lowest BCUT2D eigenvalue weighted by Gasteiger charge is -2.33. The van der Waals surface area contributed by atoms with Gasteiger partial charge in [-0.2, -0.15) is 0 Å². The van der Waals surface area contributed by atoms with Gasteiger partial charge in [0.15, 0.2) is 17.6 Å². The molecule has 1 N–H and O–H groups in total. The van der Waals surface area contributed by atoms with Crippen molar-refractivity contribution in [1.29, 1.82) is 0 Å². The number of nitrogens with one attached hydrogen (secondary N) is 1. The van der Waals surface area contributed by atoms with E-state index in [1.54, 1.807) is 16.6 Å². The molecular formula is C23H25N5O4S. The van der Waals surface area contributed by atoms with Crippen LogP contribution in [0.3, 0.4) is 0 Å². The molecule has 0 radical (unpaired) electrons. The van der Waals surface area contributed by atoms with Gasteiger partial charge in [0.25, 0.3) is 5.91 Å². The molecule has 3 aromatic rings. The van der Waals surface area contributed by atoms with Gasteiger partial charge in [-0.3, -0.25) is 14.5 Å². The fourth-order valence-corrected chi connectivity index (χ4v) is 4.43. The minimum absolute atomic E-state index is 0.0244. The molecule has 0 aliphatic carbocycles. The van der Waals surface area contributed by atoms with Crippen molar-refractivity contribution in [2.24, 2.45) is 7.05 Å². The van der Waals surface area contributed by atoms with E-state index in [2.05, 4.69) is 15.5 Å². The number of hydrogen-bond acceptors (Lipinski definition) is 7. The highest BCUT2D eigenvalue weighted by atomic mass is 32.2. The predicted octanol–water partition coefficient (Wildman–Crippen LogP) is 3.35. The second-order valence-electron chi connectivity index (χ2n) is 7.64. The zero-order chi connectivity index (χ0) is 23.5. The summed E-state index contributed by atoms with van der Waals surface area (Å²) in [5, 5.41) is 12.0. The lowest BCUT2D eigenvalue weighted by Crippen LogP contribution is -2.41. The van der Waals surface area contributed by atoms with Gasteiger partial charge in [0.1, 0.15) is 11.5 Å². The zero-order valence-electron chi connectivity index (χ0n) is 18.9. The van der Waals surface area contributed by atoms with Gasteiger partial charge in [-0.25, -0.2) is 0 Å². The summed E-state index contributed by atoms with van der Waals surface area (Å²) in [6, 6.07) is 12.6. The standard InChI is InChI=1S/C23H25N5O4S/c1-14-9-10-18(31-4)16(11-14)24-20(29)13-33-23-26-25-22(27(23)3)15(2)28-17-7-5-6-8-19(17)32-12-21(28)30/h5-11,15H,12-13H2,1-4H3,(H,24,29)/t15-/m1/s1. The molecule has 2 aromatic carbocycles. The molecule has 1 aromatic heterocycles. The van der Waals surface area contributed by atoms with E-state index < -0.39 is 0 Å². The van der Waals surface area contributed by atoms with Gasteiger partial charge in [-0.05, 0) is 43.7 Å². The summed E-state index contributed by atoms with van der Waals surface area (Å²) in [4.78, 5) is 26.8. The van der Waals surface area contributed by atoms with E-state index >= 15 is 0 Å². The number of aromatic nitrogens is 3. The van der Waals surface area contributed by atoms with E-state index in [0.29, 0.717) is 33.9 Å². The van der Waals surface area contributed by atoms with Crippen LogP contribution in [0.1, 0.15) is 24.4 Å². The smallest absolute Gasteiger partial charge is 0.265 e. The largest absolute Gasteiger partial charge is 0.495 e. The average molecular weight is 468 g/mol. The molecule has 0 spiro atoms. The van der Waals surface area contributed by atoms with Crippen LogP contribution in [-0.2, 0) is 16.6 Å². The van der Waals surface area contributed by atoms with E-state index in [4.69, 9.17) is 9.47 Å². The van der Waals surface area contributed by atoms with Gasteiger partial charge in [0, 0.05) is 7.05 Å². The monoisotopic (exact) mass is 467 g/mol. The van der Waals surface area contributed by atoms with E-state index in [1.165, 1.54) is 11.8 Å². The topological polar surface area (TPSA) is 98.6 Å². The lowest BCUT2D eigenvalue weighted by atomic mass is 10.1. The van der Waals surface area contributed by atoms with Crippen molar-refractivity contribution in [3.05, 3.63) is 53.9 Å². The SMILES string of the molecule is COc1ccc(C)cc1NC(=O)CSc1nnc([C@@H](C)N2C(=O)COc3ccccc32)n1C. The maximum atomic E-state index is 12.6. The highest BCUT2D eigenvalue weighted by molar-refractivity contribution is 7.99. The van der Waals surface area contributed by atoms with Crippen molar-refractivity contribution >= 4 is 35.0 Å². The number of carbonyl (C=O) groups is 2. The summed E-state index contributed by atoms with van der Waals surface area (Å²) in [5.41, 5.74) is 2.34. The molecule has 0 fully saturated rings. The quantitative estimate of drug-likeness (QED) is 0.532. The molecule has 0 bridgehead atoms. The van der Waals surface area contributed by atoms with Crippen LogP contribution in [0.15, 0.2) is 47.6 Å². The van der Waals surface area contributed by atoms with Crippen LogP contribution in [0.2, 0.25) is 0 Å². The summed E-state index contributed by atoms with van der Waals surface area (Å²) in [5.74, 6) is 1.69. The summed E-state index contributed by atoms with van der Waals surface area (Å²) >= 11 is 1.27. The number of amides is 2. The summed E-state index contributed by atoms with van der Waals surface area (Å²) in [6.07, 6.45) is 0. The maximum absolute atomic E-state index is 12.6.